The molecule has 2 amide bonds. The third-order valence-corrected chi connectivity index (χ3v) is 5.67. The highest BCUT2D eigenvalue weighted by Crippen LogP contribution is 2.34. The van der Waals surface area contributed by atoms with E-state index in [1.165, 1.54) is 11.3 Å². The number of anilines is 2. The second-order valence-corrected chi connectivity index (χ2v) is 8.44. The molecule has 3 heterocycles. The molecule has 0 fully saturated rings. The second-order valence-electron chi connectivity index (χ2n) is 7.36. The quantitative estimate of drug-likeness (QED) is 0.638. The molecule has 2 aromatic heterocycles. The van der Waals surface area contributed by atoms with Crippen LogP contribution in [0.15, 0.2) is 28.7 Å². The minimum Gasteiger partial charge on any atom is -0.491 e. The maximum atomic E-state index is 11.6. The summed E-state index contributed by atoms with van der Waals surface area (Å²) in [6.45, 7) is 6.66. The summed E-state index contributed by atoms with van der Waals surface area (Å²) in [6.07, 6.45) is 0.820. The van der Waals surface area contributed by atoms with Gasteiger partial charge in [-0.1, -0.05) is 22.5 Å². The molecular formula is C20H24N6O3S. The Balaban J connectivity index is 1.53. The van der Waals surface area contributed by atoms with Crippen molar-refractivity contribution in [1.29, 1.82) is 0 Å². The summed E-state index contributed by atoms with van der Waals surface area (Å²) in [5, 5.41) is 14.4. The third kappa shape index (κ3) is 4.23. The Kier molecular flexibility index (Phi) is 5.58. The smallest absolute Gasteiger partial charge is 0.320 e. The molecule has 1 aliphatic rings. The van der Waals surface area contributed by atoms with E-state index in [1.54, 1.807) is 7.05 Å². The van der Waals surface area contributed by atoms with Crippen molar-refractivity contribution in [3.05, 3.63) is 34.8 Å². The maximum absolute atomic E-state index is 11.6. The fourth-order valence-corrected chi connectivity index (χ4v) is 4.24. The first-order valence-corrected chi connectivity index (χ1v) is 10.6. The van der Waals surface area contributed by atoms with E-state index in [4.69, 9.17) is 9.15 Å². The van der Waals surface area contributed by atoms with Crippen molar-refractivity contribution in [1.82, 2.24) is 20.5 Å². The van der Waals surface area contributed by atoms with Crippen molar-refractivity contribution in [2.24, 2.45) is 0 Å². The minimum absolute atomic E-state index is 0.0871. The topological polar surface area (TPSA) is 105 Å². The van der Waals surface area contributed by atoms with Gasteiger partial charge in [-0.05, 0) is 39.0 Å². The lowest BCUT2D eigenvalue weighted by Gasteiger charge is -2.30. The standard InChI is InChI=1S/C20H24N6O3S/c1-11(2)28-14-7-5-6-13(9-14)17-24-25-20(29-17)26-10-16-15(8-12(26)3)22-19(30-16)23-18(27)21-4/h5-7,9,11-12H,8,10H2,1-4H3,(H2,21,22,23,27)/t12-/m1/s1. The van der Waals surface area contributed by atoms with Crippen LogP contribution in [0.1, 0.15) is 31.3 Å². The fourth-order valence-electron chi connectivity index (χ4n) is 3.26. The number of carbonyl (C=O) groups excluding carboxylic acids is 1. The van der Waals surface area contributed by atoms with Gasteiger partial charge in [0.15, 0.2) is 5.13 Å². The molecule has 10 heteroatoms. The predicted octanol–water partition coefficient (Wildman–Crippen LogP) is 3.68. The van der Waals surface area contributed by atoms with Crippen molar-refractivity contribution in [3.63, 3.8) is 0 Å². The zero-order chi connectivity index (χ0) is 21.3. The van der Waals surface area contributed by atoms with Crippen LogP contribution in [-0.2, 0) is 13.0 Å². The number of hydrogen-bond acceptors (Lipinski definition) is 8. The summed E-state index contributed by atoms with van der Waals surface area (Å²) in [4.78, 5) is 19.2. The highest BCUT2D eigenvalue weighted by atomic mass is 32.1. The summed E-state index contributed by atoms with van der Waals surface area (Å²) in [7, 11) is 1.57. The highest BCUT2D eigenvalue weighted by molar-refractivity contribution is 7.15. The van der Waals surface area contributed by atoms with E-state index >= 15 is 0 Å². The Hall–Kier alpha value is -3.14. The minimum atomic E-state index is -0.281. The summed E-state index contributed by atoms with van der Waals surface area (Å²) >= 11 is 1.46. The summed E-state index contributed by atoms with van der Waals surface area (Å²) in [5.74, 6) is 1.21. The largest absolute Gasteiger partial charge is 0.491 e. The van der Waals surface area contributed by atoms with E-state index in [0.29, 0.717) is 23.6 Å². The zero-order valence-electron chi connectivity index (χ0n) is 17.3. The van der Waals surface area contributed by atoms with Gasteiger partial charge in [0.05, 0.1) is 18.3 Å². The first kappa shape index (κ1) is 20.1. The van der Waals surface area contributed by atoms with Gasteiger partial charge < -0.3 is 19.4 Å². The lowest BCUT2D eigenvalue weighted by atomic mass is 10.1. The number of fused-ring (bicyclic) bond motifs is 1. The molecular weight excluding hydrogens is 404 g/mol. The van der Waals surface area contributed by atoms with Gasteiger partial charge in [0.2, 0.25) is 5.89 Å². The molecule has 30 heavy (non-hydrogen) atoms. The zero-order valence-corrected chi connectivity index (χ0v) is 18.1. The van der Waals surface area contributed by atoms with Gasteiger partial charge >= 0.3 is 12.0 Å². The van der Waals surface area contributed by atoms with Gasteiger partial charge in [-0.2, -0.15) is 0 Å². The molecule has 2 N–H and O–H groups in total. The number of nitrogens with one attached hydrogen (secondary N) is 2. The Labute approximate surface area is 178 Å². The summed E-state index contributed by atoms with van der Waals surface area (Å²) in [6, 6.07) is 7.95. The maximum Gasteiger partial charge on any atom is 0.320 e. The molecule has 1 atom stereocenters. The Morgan fingerprint density at radius 1 is 1.37 bits per heavy atom. The lowest BCUT2D eigenvalue weighted by Crippen LogP contribution is -2.38. The summed E-state index contributed by atoms with van der Waals surface area (Å²) in [5.41, 5.74) is 1.81. The van der Waals surface area contributed by atoms with E-state index in [2.05, 4.69) is 37.6 Å². The monoisotopic (exact) mass is 428 g/mol. The van der Waals surface area contributed by atoms with Crippen molar-refractivity contribution >= 4 is 28.5 Å². The van der Waals surface area contributed by atoms with Crippen LogP contribution in [0.25, 0.3) is 11.5 Å². The number of benzene rings is 1. The van der Waals surface area contributed by atoms with Gasteiger partial charge in [0.25, 0.3) is 0 Å². The molecule has 0 unspecified atom stereocenters. The van der Waals surface area contributed by atoms with Crippen molar-refractivity contribution in [2.45, 2.75) is 45.9 Å². The third-order valence-electron chi connectivity index (χ3n) is 4.67. The Morgan fingerprint density at radius 2 is 2.20 bits per heavy atom. The molecule has 0 saturated carbocycles. The molecule has 0 saturated heterocycles. The van der Waals surface area contributed by atoms with Crippen LogP contribution in [0.3, 0.4) is 0 Å². The van der Waals surface area contributed by atoms with Gasteiger partial charge in [-0.25, -0.2) is 9.78 Å². The molecule has 1 aliphatic heterocycles. The van der Waals surface area contributed by atoms with E-state index in [-0.39, 0.29) is 18.2 Å². The molecule has 1 aromatic carbocycles. The van der Waals surface area contributed by atoms with Gasteiger partial charge in [-0.15, -0.1) is 5.10 Å². The lowest BCUT2D eigenvalue weighted by molar-refractivity contribution is 0.242. The number of carbonyl (C=O) groups is 1. The van der Waals surface area contributed by atoms with Crippen LogP contribution >= 0.6 is 11.3 Å². The molecule has 0 spiro atoms. The first-order chi connectivity index (χ1) is 14.4. The number of amides is 2. The summed E-state index contributed by atoms with van der Waals surface area (Å²) < 4.78 is 11.7. The van der Waals surface area contributed by atoms with E-state index in [9.17, 15) is 4.79 Å². The van der Waals surface area contributed by atoms with Gasteiger partial charge in [0.1, 0.15) is 5.75 Å². The number of hydrogen-bond donors (Lipinski definition) is 2. The van der Waals surface area contributed by atoms with Crippen molar-refractivity contribution < 1.29 is 13.9 Å². The van der Waals surface area contributed by atoms with E-state index in [1.807, 2.05) is 38.1 Å². The van der Waals surface area contributed by atoms with Crippen LogP contribution in [-0.4, -0.2) is 40.4 Å². The van der Waals surface area contributed by atoms with Crippen LogP contribution in [0.2, 0.25) is 0 Å². The van der Waals surface area contributed by atoms with Crippen molar-refractivity contribution in [3.8, 4) is 17.2 Å². The van der Waals surface area contributed by atoms with E-state index < -0.39 is 0 Å². The number of ether oxygens (including phenoxy) is 1. The molecule has 0 bridgehead atoms. The van der Waals surface area contributed by atoms with Crippen LogP contribution < -0.4 is 20.3 Å². The molecule has 9 nitrogen and oxygen atoms in total. The Bertz CT molecular complexity index is 1050. The molecule has 4 rings (SSSR count). The molecule has 3 aromatic rings. The van der Waals surface area contributed by atoms with E-state index in [0.717, 1.165) is 28.3 Å². The number of rotatable bonds is 5. The Morgan fingerprint density at radius 3 is 2.97 bits per heavy atom. The van der Waals surface area contributed by atoms with Gasteiger partial charge in [0, 0.05) is 30.0 Å². The number of urea groups is 1. The number of aromatic nitrogens is 3. The highest BCUT2D eigenvalue weighted by Gasteiger charge is 2.30. The predicted molar refractivity (Wildman–Crippen MR) is 115 cm³/mol. The van der Waals surface area contributed by atoms with Gasteiger partial charge in [-0.3, -0.25) is 5.32 Å². The SMILES string of the molecule is CNC(=O)Nc1nc2c(s1)CN(c1nnc(-c3cccc(OC(C)C)c3)o1)[C@H](C)C2. The average molecular weight is 429 g/mol. The second kappa shape index (κ2) is 8.31. The normalized spacial score (nSPS) is 15.8. The number of thiazole rings is 1. The first-order valence-electron chi connectivity index (χ1n) is 9.77. The van der Waals surface area contributed by atoms with Crippen molar-refractivity contribution in [2.75, 3.05) is 17.3 Å². The molecule has 0 radical (unpaired) electrons. The molecule has 158 valence electrons. The average Bonchev–Trinajstić information content (AvgIpc) is 3.33. The van der Waals surface area contributed by atoms with Crippen LogP contribution in [0.5, 0.6) is 5.75 Å². The fraction of sp³-hybridized carbons (Fsp3) is 0.400. The molecule has 0 aliphatic carbocycles. The van der Waals surface area contributed by atoms with Crippen LogP contribution in [0, 0.1) is 0 Å². The van der Waals surface area contributed by atoms with Crippen LogP contribution in [0.4, 0.5) is 15.9 Å². The number of nitrogens with zero attached hydrogens (tertiary/aromatic N) is 4.